The Morgan fingerprint density at radius 2 is 2.00 bits per heavy atom. The Morgan fingerprint density at radius 1 is 1.22 bits per heavy atom. The lowest BCUT2D eigenvalue weighted by molar-refractivity contribution is 0.381. The first-order valence-corrected chi connectivity index (χ1v) is 8.05. The third kappa shape index (κ3) is 2.99. The van der Waals surface area contributed by atoms with Gasteiger partial charge in [-0.05, 0) is 31.2 Å². The Morgan fingerprint density at radius 3 is 2.50 bits per heavy atom. The molecular formula is C14H20N2S2. The van der Waals surface area contributed by atoms with E-state index in [0.29, 0.717) is 18.0 Å². The van der Waals surface area contributed by atoms with Crippen molar-refractivity contribution in [3.8, 4) is 0 Å². The van der Waals surface area contributed by atoms with Crippen LogP contribution in [0.1, 0.15) is 48.3 Å². The van der Waals surface area contributed by atoms with E-state index < -0.39 is 0 Å². The summed E-state index contributed by atoms with van der Waals surface area (Å²) in [5.41, 5.74) is 3.08. The maximum Gasteiger partial charge on any atom is 0.0798 e. The topological polar surface area (TPSA) is 24.9 Å². The van der Waals surface area contributed by atoms with Crippen LogP contribution in [0.2, 0.25) is 0 Å². The lowest BCUT2D eigenvalue weighted by Crippen LogP contribution is -2.27. The first-order valence-electron chi connectivity index (χ1n) is 6.29. The molecule has 2 aromatic heterocycles. The van der Waals surface area contributed by atoms with Gasteiger partial charge in [-0.1, -0.05) is 19.9 Å². The molecule has 2 aromatic rings. The van der Waals surface area contributed by atoms with E-state index in [1.807, 2.05) is 16.8 Å². The number of nitrogens with one attached hydrogen (secondary N) is 1. The van der Waals surface area contributed by atoms with Gasteiger partial charge in [0.25, 0.3) is 0 Å². The number of thiazole rings is 1. The van der Waals surface area contributed by atoms with Gasteiger partial charge in [-0.2, -0.15) is 0 Å². The lowest BCUT2D eigenvalue weighted by atomic mass is 10.0. The highest BCUT2D eigenvalue weighted by molar-refractivity contribution is 7.10. The molecule has 98 valence electrons. The molecule has 0 amide bonds. The first-order chi connectivity index (χ1) is 8.59. The summed E-state index contributed by atoms with van der Waals surface area (Å²) in [4.78, 5) is 7.09. The van der Waals surface area contributed by atoms with Crippen molar-refractivity contribution in [2.24, 2.45) is 5.92 Å². The molecule has 0 aromatic carbocycles. The number of rotatable bonds is 5. The zero-order chi connectivity index (χ0) is 13.1. The van der Waals surface area contributed by atoms with Crippen LogP contribution in [0, 0.1) is 12.8 Å². The smallest absolute Gasteiger partial charge is 0.0798 e. The van der Waals surface area contributed by atoms with Crippen molar-refractivity contribution in [3.63, 3.8) is 0 Å². The zero-order valence-electron chi connectivity index (χ0n) is 11.3. The van der Waals surface area contributed by atoms with Crippen molar-refractivity contribution in [3.05, 3.63) is 38.5 Å². The zero-order valence-corrected chi connectivity index (χ0v) is 12.9. The summed E-state index contributed by atoms with van der Waals surface area (Å²) in [6.07, 6.45) is 0. The summed E-state index contributed by atoms with van der Waals surface area (Å²) in [5.74, 6) is 0.583. The van der Waals surface area contributed by atoms with E-state index in [2.05, 4.69) is 55.5 Å². The van der Waals surface area contributed by atoms with Crippen LogP contribution in [0.15, 0.2) is 23.0 Å². The van der Waals surface area contributed by atoms with E-state index in [4.69, 9.17) is 0 Å². The maximum absolute atomic E-state index is 4.33. The number of thiophene rings is 1. The van der Waals surface area contributed by atoms with Crippen molar-refractivity contribution < 1.29 is 0 Å². The molecule has 1 N–H and O–H groups in total. The molecule has 0 fully saturated rings. The second-order valence-electron chi connectivity index (χ2n) is 4.93. The molecule has 2 atom stereocenters. The lowest BCUT2D eigenvalue weighted by Gasteiger charge is -2.25. The van der Waals surface area contributed by atoms with Gasteiger partial charge in [-0.25, -0.2) is 4.98 Å². The van der Waals surface area contributed by atoms with Gasteiger partial charge < -0.3 is 5.32 Å². The molecule has 0 spiro atoms. The minimum atomic E-state index is 0.354. The van der Waals surface area contributed by atoms with Gasteiger partial charge in [0.15, 0.2) is 0 Å². The van der Waals surface area contributed by atoms with Crippen molar-refractivity contribution in [1.82, 2.24) is 10.3 Å². The minimum Gasteiger partial charge on any atom is -0.302 e. The van der Waals surface area contributed by atoms with Crippen LogP contribution in [0.4, 0.5) is 0 Å². The van der Waals surface area contributed by atoms with Gasteiger partial charge in [0.05, 0.1) is 11.2 Å². The van der Waals surface area contributed by atoms with E-state index in [1.54, 1.807) is 11.3 Å². The number of nitrogens with zero attached hydrogens (tertiary/aromatic N) is 1. The minimum absolute atomic E-state index is 0.354. The summed E-state index contributed by atoms with van der Waals surface area (Å²) in [5, 5.41) is 5.89. The standard InChI is InChI=1S/C14H20N2S2/c1-9(2)13(12-6-5-7-17-12)16-11(4)14-10(3)15-8-18-14/h5-9,11,13,16H,1-4H3. The molecule has 2 heterocycles. The molecule has 0 radical (unpaired) electrons. The molecule has 0 saturated carbocycles. The summed E-state index contributed by atoms with van der Waals surface area (Å²) >= 11 is 3.57. The molecule has 4 heteroatoms. The molecule has 0 bridgehead atoms. The Hall–Kier alpha value is -0.710. The summed E-state index contributed by atoms with van der Waals surface area (Å²) in [7, 11) is 0. The molecule has 2 nitrogen and oxygen atoms in total. The van der Waals surface area contributed by atoms with E-state index in [9.17, 15) is 0 Å². The van der Waals surface area contributed by atoms with Crippen LogP contribution >= 0.6 is 22.7 Å². The predicted molar refractivity (Wildman–Crippen MR) is 80.3 cm³/mol. The molecule has 2 rings (SSSR count). The molecule has 0 saturated heterocycles. The SMILES string of the molecule is Cc1ncsc1C(C)NC(c1cccs1)C(C)C. The fraction of sp³-hybridized carbons (Fsp3) is 0.500. The highest BCUT2D eigenvalue weighted by Crippen LogP contribution is 2.30. The van der Waals surface area contributed by atoms with Gasteiger partial charge >= 0.3 is 0 Å². The first kappa shape index (κ1) is 13.7. The summed E-state index contributed by atoms with van der Waals surface area (Å²) < 4.78 is 0. The van der Waals surface area contributed by atoms with Crippen LogP contribution in [-0.4, -0.2) is 4.98 Å². The van der Waals surface area contributed by atoms with Crippen molar-refractivity contribution in [2.75, 3.05) is 0 Å². The maximum atomic E-state index is 4.33. The average Bonchev–Trinajstić information content (AvgIpc) is 2.95. The predicted octanol–water partition coefficient (Wildman–Crippen LogP) is 4.56. The van der Waals surface area contributed by atoms with E-state index in [1.165, 1.54) is 9.75 Å². The Labute approximate surface area is 117 Å². The van der Waals surface area contributed by atoms with E-state index in [0.717, 1.165) is 5.69 Å². The van der Waals surface area contributed by atoms with Gasteiger partial charge in [0, 0.05) is 21.8 Å². The van der Waals surface area contributed by atoms with Crippen LogP contribution in [-0.2, 0) is 0 Å². The Bertz CT molecular complexity index is 474. The second kappa shape index (κ2) is 5.95. The third-order valence-corrected chi connectivity index (χ3v) is 5.19. The molecule has 0 aliphatic rings. The largest absolute Gasteiger partial charge is 0.302 e. The van der Waals surface area contributed by atoms with Crippen LogP contribution < -0.4 is 5.32 Å². The van der Waals surface area contributed by atoms with Crippen molar-refractivity contribution in [2.45, 2.75) is 39.8 Å². The highest BCUT2D eigenvalue weighted by Gasteiger charge is 2.21. The fourth-order valence-electron chi connectivity index (χ4n) is 2.14. The number of hydrogen-bond donors (Lipinski definition) is 1. The average molecular weight is 280 g/mol. The number of aryl methyl sites for hydroxylation is 1. The summed E-state index contributed by atoms with van der Waals surface area (Å²) in [6, 6.07) is 5.11. The molecular weight excluding hydrogens is 260 g/mol. The van der Waals surface area contributed by atoms with Gasteiger partial charge in [0.1, 0.15) is 0 Å². The van der Waals surface area contributed by atoms with Crippen molar-refractivity contribution >= 4 is 22.7 Å². The molecule has 2 unspecified atom stereocenters. The Balaban J connectivity index is 2.13. The number of aromatic nitrogens is 1. The van der Waals surface area contributed by atoms with Gasteiger partial charge in [0.2, 0.25) is 0 Å². The van der Waals surface area contributed by atoms with Crippen LogP contribution in [0.25, 0.3) is 0 Å². The van der Waals surface area contributed by atoms with Crippen LogP contribution in [0.3, 0.4) is 0 Å². The Kier molecular flexibility index (Phi) is 4.54. The summed E-state index contributed by atoms with van der Waals surface area (Å²) in [6.45, 7) is 8.84. The van der Waals surface area contributed by atoms with Gasteiger partial charge in [-0.3, -0.25) is 0 Å². The van der Waals surface area contributed by atoms with E-state index >= 15 is 0 Å². The monoisotopic (exact) mass is 280 g/mol. The van der Waals surface area contributed by atoms with E-state index in [-0.39, 0.29) is 0 Å². The quantitative estimate of drug-likeness (QED) is 0.868. The fourth-order valence-corrected chi connectivity index (χ4v) is 3.92. The molecule has 18 heavy (non-hydrogen) atoms. The molecule has 0 aliphatic carbocycles. The number of hydrogen-bond acceptors (Lipinski definition) is 4. The molecule has 0 aliphatic heterocycles. The third-order valence-electron chi connectivity index (χ3n) is 3.12. The second-order valence-corrected chi connectivity index (χ2v) is 6.79. The van der Waals surface area contributed by atoms with Gasteiger partial charge in [-0.15, -0.1) is 22.7 Å². The normalized spacial score (nSPS) is 14.9. The van der Waals surface area contributed by atoms with Crippen LogP contribution in [0.5, 0.6) is 0 Å². The van der Waals surface area contributed by atoms with Crippen molar-refractivity contribution in [1.29, 1.82) is 0 Å². The highest BCUT2D eigenvalue weighted by atomic mass is 32.1.